The number of aliphatic hydroxyl groups is 1. The van der Waals surface area contributed by atoms with Gasteiger partial charge in [-0.1, -0.05) is 12.1 Å². The molecule has 1 aromatic rings. The predicted molar refractivity (Wildman–Crippen MR) is 76.5 cm³/mol. The van der Waals surface area contributed by atoms with Crippen molar-refractivity contribution in [3.05, 3.63) is 41.0 Å². The smallest absolute Gasteiger partial charge is 0.331 e. The number of anilines is 1. The van der Waals surface area contributed by atoms with E-state index in [0.717, 1.165) is 12.0 Å². The van der Waals surface area contributed by atoms with E-state index in [0.29, 0.717) is 12.1 Å². The van der Waals surface area contributed by atoms with Crippen LogP contribution >= 0.6 is 0 Å². The van der Waals surface area contributed by atoms with Gasteiger partial charge in [0.25, 0.3) is 5.91 Å². The number of aryl methyl sites for hydroxylation is 1. The first-order chi connectivity index (χ1) is 9.45. The summed E-state index contributed by atoms with van der Waals surface area (Å²) in [5, 5.41) is 20.3. The summed E-state index contributed by atoms with van der Waals surface area (Å²) in [5.74, 6) is -1.53. The van der Waals surface area contributed by atoms with Crippen LogP contribution in [0.5, 0.6) is 0 Å². The lowest BCUT2D eigenvalue weighted by atomic mass is 10.1. The van der Waals surface area contributed by atoms with Gasteiger partial charge in [0, 0.05) is 23.4 Å². The van der Waals surface area contributed by atoms with Gasteiger partial charge in [-0.15, -0.1) is 0 Å². The summed E-state index contributed by atoms with van der Waals surface area (Å²) in [4.78, 5) is 22.7. The van der Waals surface area contributed by atoms with Gasteiger partial charge in [-0.2, -0.15) is 0 Å². The molecule has 0 aliphatic heterocycles. The van der Waals surface area contributed by atoms with Crippen LogP contribution in [0.25, 0.3) is 0 Å². The molecule has 5 heteroatoms. The fraction of sp³-hybridized carbons (Fsp3) is 0.333. The highest BCUT2D eigenvalue weighted by atomic mass is 16.4. The average molecular weight is 277 g/mol. The fourth-order valence-corrected chi connectivity index (χ4v) is 1.64. The number of aliphatic carboxylic acids is 1. The maximum Gasteiger partial charge on any atom is 0.331 e. The molecule has 3 N–H and O–H groups in total. The number of amides is 1. The summed E-state index contributed by atoms with van der Waals surface area (Å²) in [7, 11) is 0. The molecule has 0 fully saturated rings. The second-order valence-electron chi connectivity index (χ2n) is 4.54. The lowest BCUT2D eigenvalue weighted by Gasteiger charge is -2.08. The van der Waals surface area contributed by atoms with Crippen LogP contribution in [-0.4, -0.2) is 28.7 Å². The molecule has 1 rings (SSSR count). The van der Waals surface area contributed by atoms with Crippen molar-refractivity contribution in [1.29, 1.82) is 0 Å². The Morgan fingerprint density at radius 2 is 1.90 bits per heavy atom. The van der Waals surface area contributed by atoms with Crippen LogP contribution in [0, 0.1) is 0 Å². The van der Waals surface area contributed by atoms with E-state index in [1.54, 1.807) is 6.07 Å². The summed E-state index contributed by atoms with van der Waals surface area (Å²) in [6.07, 6.45) is 1.39. The second kappa shape index (κ2) is 7.45. The fourth-order valence-electron chi connectivity index (χ4n) is 1.64. The van der Waals surface area contributed by atoms with E-state index in [1.165, 1.54) is 13.8 Å². The maximum atomic E-state index is 11.9. The van der Waals surface area contributed by atoms with Gasteiger partial charge in [0.05, 0.1) is 0 Å². The van der Waals surface area contributed by atoms with E-state index in [4.69, 9.17) is 10.2 Å². The first kappa shape index (κ1) is 15.9. The number of nitrogens with one attached hydrogen (secondary N) is 1. The van der Waals surface area contributed by atoms with Crippen LogP contribution in [-0.2, 0) is 16.0 Å². The van der Waals surface area contributed by atoms with Crippen LogP contribution in [0.15, 0.2) is 35.4 Å². The molecule has 0 saturated carbocycles. The van der Waals surface area contributed by atoms with Crippen molar-refractivity contribution < 1.29 is 19.8 Å². The number of carboxylic acid groups (broad SMARTS) is 1. The molecule has 108 valence electrons. The summed E-state index contributed by atoms with van der Waals surface area (Å²) in [6, 6.07) is 7.28. The summed E-state index contributed by atoms with van der Waals surface area (Å²) in [6.45, 7) is 3.00. The maximum absolute atomic E-state index is 11.9. The van der Waals surface area contributed by atoms with Crippen LogP contribution in [0.3, 0.4) is 0 Å². The Hall–Kier alpha value is -2.14. The third kappa shape index (κ3) is 4.51. The van der Waals surface area contributed by atoms with E-state index in [9.17, 15) is 9.59 Å². The molecule has 0 aliphatic rings. The largest absolute Gasteiger partial charge is 0.478 e. The van der Waals surface area contributed by atoms with E-state index in [1.807, 2.05) is 18.2 Å². The molecule has 0 bridgehead atoms. The monoisotopic (exact) mass is 277 g/mol. The lowest BCUT2D eigenvalue weighted by molar-refractivity contribution is -0.133. The number of carboxylic acids is 1. The zero-order chi connectivity index (χ0) is 15.1. The number of rotatable bonds is 6. The Morgan fingerprint density at radius 1 is 1.20 bits per heavy atom. The van der Waals surface area contributed by atoms with E-state index in [-0.39, 0.29) is 17.8 Å². The minimum atomic E-state index is -1.10. The van der Waals surface area contributed by atoms with Crippen molar-refractivity contribution in [1.82, 2.24) is 0 Å². The Balaban J connectivity index is 2.81. The minimum absolute atomic E-state index is 0.0268. The minimum Gasteiger partial charge on any atom is -0.478 e. The average Bonchev–Trinajstić information content (AvgIpc) is 2.43. The van der Waals surface area contributed by atoms with E-state index >= 15 is 0 Å². The molecule has 0 saturated heterocycles. The second-order valence-corrected chi connectivity index (χ2v) is 4.54. The summed E-state index contributed by atoms with van der Waals surface area (Å²) in [5.41, 5.74) is 1.83. The first-order valence-corrected chi connectivity index (χ1v) is 6.37. The van der Waals surface area contributed by atoms with Crippen molar-refractivity contribution in [2.75, 3.05) is 11.9 Å². The standard InChI is InChI=1S/C15H19NO4/c1-10(11(2)15(19)20)14(18)16-13-7-3-5-12(9-13)6-4-8-17/h3,5,7,9,17H,4,6,8H2,1-2H3,(H,16,18)(H,19,20)/b11-10+. The van der Waals surface area contributed by atoms with Gasteiger partial charge in [0.1, 0.15) is 0 Å². The molecule has 0 heterocycles. The van der Waals surface area contributed by atoms with Gasteiger partial charge in [-0.25, -0.2) is 4.79 Å². The van der Waals surface area contributed by atoms with Crippen LogP contribution in [0.4, 0.5) is 5.69 Å². The molecule has 0 atom stereocenters. The van der Waals surface area contributed by atoms with E-state index in [2.05, 4.69) is 5.32 Å². The molecule has 0 aromatic heterocycles. The molecule has 0 spiro atoms. The number of hydrogen-bond donors (Lipinski definition) is 3. The SMILES string of the molecule is C/C(C(=O)O)=C(/C)C(=O)Nc1cccc(CCCO)c1. The Kier molecular flexibility index (Phi) is 5.93. The quantitative estimate of drug-likeness (QED) is 0.694. The van der Waals surface area contributed by atoms with Gasteiger partial charge < -0.3 is 15.5 Å². The molecular formula is C15H19NO4. The zero-order valence-corrected chi connectivity index (χ0v) is 11.6. The lowest BCUT2D eigenvalue weighted by Crippen LogP contribution is -2.16. The molecule has 20 heavy (non-hydrogen) atoms. The molecule has 1 amide bonds. The summed E-state index contributed by atoms with van der Waals surface area (Å²) < 4.78 is 0. The van der Waals surface area contributed by atoms with Crippen molar-refractivity contribution in [2.45, 2.75) is 26.7 Å². The zero-order valence-electron chi connectivity index (χ0n) is 11.6. The number of benzene rings is 1. The number of aliphatic hydroxyl groups excluding tert-OH is 1. The first-order valence-electron chi connectivity index (χ1n) is 6.37. The van der Waals surface area contributed by atoms with Crippen molar-refractivity contribution in [2.24, 2.45) is 0 Å². The molecule has 0 unspecified atom stereocenters. The van der Waals surface area contributed by atoms with Crippen molar-refractivity contribution in [3.63, 3.8) is 0 Å². The Morgan fingerprint density at radius 3 is 2.50 bits per heavy atom. The number of carbonyl (C=O) groups is 2. The van der Waals surface area contributed by atoms with Crippen LogP contribution < -0.4 is 5.32 Å². The topological polar surface area (TPSA) is 86.6 Å². The third-order valence-corrected chi connectivity index (χ3v) is 3.03. The Bertz CT molecular complexity index is 534. The van der Waals surface area contributed by atoms with Gasteiger partial charge >= 0.3 is 5.97 Å². The molecule has 5 nitrogen and oxygen atoms in total. The Labute approximate surface area is 117 Å². The normalized spacial score (nSPS) is 11.8. The molecule has 1 aromatic carbocycles. The molecular weight excluding hydrogens is 258 g/mol. The molecule has 0 radical (unpaired) electrons. The van der Waals surface area contributed by atoms with Crippen molar-refractivity contribution >= 4 is 17.6 Å². The highest BCUT2D eigenvalue weighted by Gasteiger charge is 2.12. The van der Waals surface area contributed by atoms with Crippen LogP contribution in [0.2, 0.25) is 0 Å². The third-order valence-electron chi connectivity index (χ3n) is 3.03. The van der Waals surface area contributed by atoms with Gasteiger partial charge in [-0.3, -0.25) is 4.79 Å². The predicted octanol–water partition coefficient (Wildman–Crippen LogP) is 1.97. The van der Waals surface area contributed by atoms with Gasteiger partial charge in [0.2, 0.25) is 0 Å². The number of hydrogen-bond acceptors (Lipinski definition) is 3. The van der Waals surface area contributed by atoms with Gasteiger partial charge in [0.15, 0.2) is 0 Å². The highest BCUT2D eigenvalue weighted by molar-refractivity contribution is 6.08. The highest BCUT2D eigenvalue weighted by Crippen LogP contribution is 2.14. The van der Waals surface area contributed by atoms with Gasteiger partial charge in [-0.05, 0) is 44.4 Å². The van der Waals surface area contributed by atoms with Crippen molar-refractivity contribution in [3.8, 4) is 0 Å². The molecule has 0 aliphatic carbocycles. The van der Waals surface area contributed by atoms with E-state index < -0.39 is 11.9 Å². The number of carbonyl (C=O) groups excluding carboxylic acids is 1. The summed E-state index contributed by atoms with van der Waals surface area (Å²) >= 11 is 0. The van der Waals surface area contributed by atoms with Crippen LogP contribution in [0.1, 0.15) is 25.8 Å².